The molecular formula is C12H18O8. The average molecular weight is 290 g/mol. The van der Waals surface area contributed by atoms with Crippen LogP contribution in [0, 0.1) is 0 Å². The van der Waals surface area contributed by atoms with Crippen molar-refractivity contribution in [3.8, 4) is 0 Å². The summed E-state index contributed by atoms with van der Waals surface area (Å²) in [6.07, 6.45) is -5.27. The van der Waals surface area contributed by atoms with Crippen LogP contribution in [0.5, 0.6) is 0 Å². The van der Waals surface area contributed by atoms with Crippen LogP contribution in [-0.2, 0) is 33.3 Å². The fourth-order valence-electron chi connectivity index (χ4n) is 2.33. The second-order valence-corrected chi connectivity index (χ2v) is 4.71. The van der Waals surface area contributed by atoms with Gasteiger partial charge < -0.3 is 28.8 Å². The van der Waals surface area contributed by atoms with Crippen LogP contribution >= 0.6 is 0 Å². The first-order valence-electron chi connectivity index (χ1n) is 6.33. The molecule has 6 atom stereocenters. The Morgan fingerprint density at radius 1 is 1.10 bits per heavy atom. The van der Waals surface area contributed by atoms with Gasteiger partial charge in [-0.15, -0.1) is 0 Å². The van der Waals surface area contributed by atoms with Crippen molar-refractivity contribution in [2.75, 3.05) is 6.61 Å². The van der Waals surface area contributed by atoms with Gasteiger partial charge in [-0.2, -0.15) is 0 Å². The number of aliphatic hydroxyl groups excluding tert-OH is 1. The van der Waals surface area contributed by atoms with Crippen molar-refractivity contribution in [3.05, 3.63) is 0 Å². The van der Waals surface area contributed by atoms with Crippen molar-refractivity contribution < 1.29 is 38.4 Å². The second-order valence-electron chi connectivity index (χ2n) is 4.71. The number of esters is 2. The van der Waals surface area contributed by atoms with Crippen LogP contribution in [0.4, 0.5) is 0 Å². The fraction of sp³-hybridized carbons (Fsp3) is 0.833. The highest BCUT2D eigenvalue weighted by Crippen LogP contribution is 2.31. The first kappa shape index (κ1) is 15.2. The topological polar surface area (TPSA) is 101 Å². The quantitative estimate of drug-likeness (QED) is 0.668. The first-order valence-corrected chi connectivity index (χ1v) is 6.33. The van der Waals surface area contributed by atoms with Gasteiger partial charge in [-0.3, -0.25) is 9.59 Å². The SMILES string of the molecule is CC(=O)O[C@@H]1[C@@H](OC(C)=O)[C@H](O)O[C@@H]2COC(C)O[C@@H]12. The van der Waals surface area contributed by atoms with E-state index in [0.29, 0.717) is 0 Å². The number of fused-ring (bicyclic) bond motifs is 1. The zero-order valence-corrected chi connectivity index (χ0v) is 11.5. The molecule has 1 N–H and O–H groups in total. The molecule has 2 aliphatic heterocycles. The van der Waals surface area contributed by atoms with Crippen molar-refractivity contribution in [1.29, 1.82) is 0 Å². The molecule has 2 fully saturated rings. The van der Waals surface area contributed by atoms with Gasteiger partial charge in [0.2, 0.25) is 0 Å². The Bertz CT molecular complexity index is 384. The maximum Gasteiger partial charge on any atom is 0.303 e. The molecule has 0 spiro atoms. The highest BCUT2D eigenvalue weighted by molar-refractivity contribution is 5.67. The standard InChI is InChI=1S/C12H18O8/c1-5(13)17-10-9-8(4-16-7(3)19-9)20-12(15)11(10)18-6(2)14/h7-12,15H,4H2,1-3H3/t7?,8-,9-,10+,11-,12-/m1/s1. The fourth-order valence-corrected chi connectivity index (χ4v) is 2.33. The lowest BCUT2D eigenvalue weighted by atomic mass is 9.97. The summed E-state index contributed by atoms with van der Waals surface area (Å²) < 4.78 is 26.2. The predicted octanol–water partition coefficient (Wildman–Crippen LogP) is -0.672. The van der Waals surface area contributed by atoms with Crippen LogP contribution in [-0.4, -0.2) is 60.6 Å². The Hall–Kier alpha value is -1.22. The maximum absolute atomic E-state index is 11.2. The summed E-state index contributed by atoms with van der Waals surface area (Å²) in [6, 6.07) is 0. The summed E-state index contributed by atoms with van der Waals surface area (Å²) >= 11 is 0. The molecule has 1 unspecified atom stereocenters. The van der Waals surface area contributed by atoms with Crippen molar-refractivity contribution >= 4 is 11.9 Å². The third-order valence-corrected chi connectivity index (χ3v) is 3.06. The van der Waals surface area contributed by atoms with Gasteiger partial charge in [-0.05, 0) is 6.92 Å². The lowest BCUT2D eigenvalue weighted by molar-refractivity contribution is -0.350. The highest BCUT2D eigenvalue weighted by atomic mass is 16.7. The minimum atomic E-state index is -1.41. The Labute approximate surface area is 115 Å². The van der Waals surface area contributed by atoms with E-state index in [9.17, 15) is 14.7 Å². The van der Waals surface area contributed by atoms with Gasteiger partial charge in [0.05, 0.1) is 6.61 Å². The lowest BCUT2D eigenvalue weighted by Crippen LogP contribution is -2.64. The molecule has 0 aromatic carbocycles. The molecular weight excluding hydrogens is 272 g/mol. The predicted molar refractivity (Wildman–Crippen MR) is 62.3 cm³/mol. The van der Waals surface area contributed by atoms with Crippen molar-refractivity contribution in [2.24, 2.45) is 0 Å². The number of carbonyl (C=O) groups excluding carboxylic acids is 2. The smallest absolute Gasteiger partial charge is 0.303 e. The Morgan fingerprint density at radius 3 is 2.30 bits per heavy atom. The summed E-state index contributed by atoms with van der Waals surface area (Å²) in [5.74, 6) is -1.18. The van der Waals surface area contributed by atoms with E-state index in [4.69, 9.17) is 23.7 Å². The molecule has 0 radical (unpaired) electrons. The minimum Gasteiger partial charge on any atom is -0.455 e. The molecule has 0 amide bonds. The Balaban J connectivity index is 2.21. The summed E-state index contributed by atoms with van der Waals surface area (Å²) in [4.78, 5) is 22.4. The summed E-state index contributed by atoms with van der Waals surface area (Å²) in [7, 11) is 0. The molecule has 0 aromatic rings. The molecule has 2 saturated heterocycles. The van der Waals surface area contributed by atoms with Gasteiger partial charge in [-0.25, -0.2) is 0 Å². The molecule has 0 aliphatic carbocycles. The number of rotatable bonds is 2. The molecule has 2 rings (SSSR count). The van der Waals surface area contributed by atoms with E-state index in [1.54, 1.807) is 6.92 Å². The van der Waals surface area contributed by atoms with Crippen molar-refractivity contribution in [1.82, 2.24) is 0 Å². The van der Waals surface area contributed by atoms with Crippen LogP contribution in [0.2, 0.25) is 0 Å². The summed E-state index contributed by atoms with van der Waals surface area (Å²) in [6.45, 7) is 4.29. The van der Waals surface area contributed by atoms with Gasteiger partial charge in [0.15, 0.2) is 24.8 Å². The zero-order chi connectivity index (χ0) is 14.9. The van der Waals surface area contributed by atoms with Gasteiger partial charge in [0.1, 0.15) is 12.2 Å². The highest BCUT2D eigenvalue weighted by Gasteiger charge is 2.52. The van der Waals surface area contributed by atoms with E-state index in [0.717, 1.165) is 0 Å². The van der Waals surface area contributed by atoms with E-state index < -0.39 is 48.9 Å². The average Bonchev–Trinajstić information content (AvgIpc) is 2.33. The van der Waals surface area contributed by atoms with Crippen molar-refractivity contribution in [2.45, 2.75) is 57.8 Å². The number of ether oxygens (including phenoxy) is 5. The van der Waals surface area contributed by atoms with E-state index >= 15 is 0 Å². The van der Waals surface area contributed by atoms with Crippen LogP contribution < -0.4 is 0 Å². The maximum atomic E-state index is 11.2. The van der Waals surface area contributed by atoms with Gasteiger partial charge in [0.25, 0.3) is 0 Å². The molecule has 8 nitrogen and oxygen atoms in total. The molecule has 2 heterocycles. The van der Waals surface area contributed by atoms with Crippen LogP contribution in [0.25, 0.3) is 0 Å². The van der Waals surface area contributed by atoms with Crippen LogP contribution in [0.15, 0.2) is 0 Å². The van der Waals surface area contributed by atoms with Crippen LogP contribution in [0.1, 0.15) is 20.8 Å². The van der Waals surface area contributed by atoms with E-state index in [1.807, 2.05) is 0 Å². The van der Waals surface area contributed by atoms with Crippen LogP contribution in [0.3, 0.4) is 0 Å². The van der Waals surface area contributed by atoms with E-state index in [-0.39, 0.29) is 6.61 Å². The number of hydrogen-bond donors (Lipinski definition) is 1. The van der Waals surface area contributed by atoms with Gasteiger partial charge in [0, 0.05) is 13.8 Å². The third kappa shape index (κ3) is 3.26. The number of aliphatic hydroxyl groups is 1. The monoisotopic (exact) mass is 290 g/mol. The van der Waals surface area contributed by atoms with Gasteiger partial charge >= 0.3 is 11.9 Å². The van der Waals surface area contributed by atoms with Gasteiger partial charge in [-0.1, -0.05) is 0 Å². The van der Waals surface area contributed by atoms with E-state index in [2.05, 4.69) is 0 Å². The molecule has 20 heavy (non-hydrogen) atoms. The molecule has 0 saturated carbocycles. The minimum absolute atomic E-state index is 0.188. The molecule has 114 valence electrons. The normalized spacial score (nSPS) is 40.6. The lowest BCUT2D eigenvalue weighted by Gasteiger charge is -2.46. The molecule has 0 aromatic heterocycles. The second kappa shape index (κ2) is 6.04. The molecule has 8 heteroatoms. The summed E-state index contributed by atoms with van der Waals surface area (Å²) in [5, 5.41) is 9.90. The Kier molecular flexibility index (Phi) is 4.59. The third-order valence-electron chi connectivity index (χ3n) is 3.06. The summed E-state index contributed by atoms with van der Waals surface area (Å²) in [5.41, 5.74) is 0. The number of carbonyl (C=O) groups is 2. The zero-order valence-electron chi connectivity index (χ0n) is 11.5. The van der Waals surface area contributed by atoms with Crippen molar-refractivity contribution in [3.63, 3.8) is 0 Å². The largest absolute Gasteiger partial charge is 0.455 e. The van der Waals surface area contributed by atoms with E-state index in [1.165, 1.54) is 13.8 Å². The Morgan fingerprint density at radius 2 is 1.70 bits per heavy atom. The number of hydrogen-bond acceptors (Lipinski definition) is 8. The molecule has 0 bridgehead atoms. The first-order chi connectivity index (χ1) is 9.38. The molecule has 2 aliphatic rings.